The number of benzene rings is 5. The molecule has 0 saturated heterocycles. The van der Waals surface area contributed by atoms with Gasteiger partial charge in [0.25, 0.3) is 0 Å². The molecule has 0 aliphatic rings. The molecule has 0 fully saturated rings. The molecule has 0 atom stereocenters. The van der Waals surface area contributed by atoms with E-state index in [0.717, 1.165) is 50.5 Å². The van der Waals surface area contributed by atoms with Crippen LogP contribution < -0.4 is 4.90 Å². The Bertz CT molecular complexity index is 2430. The van der Waals surface area contributed by atoms with Crippen molar-refractivity contribution in [1.29, 1.82) is 0 Å². The van der Waals surface area contributed by atoms with Gasteiger partial charge in [0.2, 0.25) is 0 Å². The van der Waals surface area contributed by atoms with Gasteiger partial charge in [-0.2, -0.15) is 12.1 Å². The van der Waals surface area contributed by atoms with Crippen LogP contribution in [0.1, 0.15) is 46.1 Å². The topological polar surface area (TPSA) is 30.9 Å². The maximum absolute atomic E-state index is 4.86. The van der Waals surface area contributed by atoms with Gasteiger partial charge >= 0.3 is 0 Å². The first-order chi connectivity index (χ1) is 23.3. The molecule has 5 aromatic carbocycles. The molecule has 5 nitrogen and oxygen atoms in total. The molecule has 8 aromatic rings. The summed E-state index contributed by atoms with van der Waals surface area (Å²) >= 11 is 0. The van der Waals surface area contributed by atoms with E-state index in [1.165, 1.54) is 16.5 Å². The van der Waals surface area contributed by atoms with Crippen LogP contribution in [-0.2, 0) is 26.6 Å². The number of nitrogens with zero attached hydrogens (tertiary/aromatic N) is 5. The Hall–Kier alpha value is -4.99. The van der Waals surface area contributed by atoms with Crippen LogP contribution in [0.3, 0.4) is 0 Å². The van der Waals surface area contributed by atoms with Gasteiger partial charge in [-0.1, -0.05) is 73.2 Å². The van der Waals surface area contributed by atoms with E-state index in [1.54, 1.807) is 0 Å². The molecule has 0 aliphatic carbocycles. The quantitative estimate of drug-likeness (QED) is 0.157. The number of hydrogen-bond donors (Lipinski definition) is 0. The molecule has 0 unspecified atom stereocenters. The number of rotatable bonds is 6. The summed E-state index contributed by atoms with van der Waals surface area (Å²) in [5.74, 6) is 1.29. The third kappa shape index (κ3) is 5.76. The van der Waals surface area contributed by atoms with Gasteiger partial charge in [0.15, 0.2) is 17.4 Å². The summed E-state index contributed by atoms with van der Waals surface area (Å²) in [4.78, 5) is 7.11. The van der Waals surface area contributed by atoms with Crippen LogP contribution >= 0.6 is 0 Å². The Morgan fingerprint density at radius 2 is 1.39 bits per heavy atom. The third-order valence-electron chi connectivity index (χ3n) is 9.11. The first-order valence-electron chi connectivity index (χ1n) is 16.6. The predicted octanol–water partition coefficient (Wildman–Crippen LogP) is 11.2. The van der Waals surface area contributed by atoms with Crippen molar-refractivity contribution in [2.75, 3.05) is 4.90 Å². The predicted molar refractivity (Wildman–Crippen MR) is 199 cm³/mol. The first-order valence-corrected chi connectivity index (χ1v) is 16.6. The molecule has 246 valence electrons. The zero-order valence-corrected chi connectivity index (χ0v) is 30.6. The van der Waals surface area contributed by atoms with E-state index in [4.69, 9.17) is 4.98 Å². The van der Waals surface area contributed by atoms with E-state index >= 15 is 0 Å². The molecule has 3 heterocycles. The molecule has 3 aromatic heterocycles. The van der Waals surface area contributed by atoms with Gasteiger partial charge in [0.1, 0.15) is 5.82 Å². The van der Waals surface area contributed by atoms with Crippen molar-refractivity contribution < 1.29 is 21.1 Å². The number of anilines is 3. The van der Waals surface area contributed by atoms with Gasteiger partial charge in [-0.25, -0.2) is 14.1 Å². The SMILES string of the molecule is CC(C)c1ccnc(-n2c3[c-]c(N(c4[c-]c(-n5[cH+]n(C(C)(C)C)c6ccccc65)ccc4)c4ccccc4)ccc3c3ccccc32)c1.[Pt]. The van der Waals surface area contributed by atoms with Crippen molar-refractivity contribution in [3.63, 3.8) is 0 Å². The molecular weight excluding hydrogens is 782 g/mol. The molecule has 0 bridgehead atoms. The van der Waals surface area contributed by atoms with E-state index in [2.05, 4.69) is 193 Å². The van der Waals surface area contributed by atoms with Gasteiger partial charge in [-0.05, 0) is 80.1 Å². The van der Waals surface area contributed by atoms with E-state index in [9.17, 15) is 0 Å². The van der Waals surface area contributed by atoms with Crippen LogP contribution in [-0.4, -0.2) is 18.7 Å². The molecule has 0 aliphatic heterocycles. The maximum atomic E-state index is 4.86. The van der Waals surface area contributed by atoms with Gasteiger partial charge < -0.3 is 9.47 Å². The van der Waals surface area contributed by atoms with Gasteiger partial charge in [-0.15, -0.1) is 29.7 Å². The molecular formula is C43H38N5Pt-. The minimum Gasteiger partial charge on any atom is -0.358 e. The standard InChI is InChI=1S/C43H38N5.Pt/c1-30(2)31-24-25-44-42(26-31)48-38-19-10-9-18-36(38)37-23-22-35(28-41(37)48)47(32-14-7-6-8-15-32)34-17-13-16-33(27-34)45-29-46(43(3,4)5)40-21-12-11-20-39(40)45;/h6-26,29-30H,1-5H3;/q-1;. The number of imidazole rings is 1. The van der Waals surface area contributed by atoms with Crippen molar-refractivity contribution in [3.8, 4) is 11.5 Å². The molecule has 8 rings (SSSR count). The van der Waals surface area contributed by atoms with E-state index < -0.39 is 0 Å². The van der Waals surface area contributed by atoms with Crippen LogP contribution in [0.25, 0.3) is 44.3 Å². The number of aromatic nitrogens is 4. The minimum atomic E-state index is -0.0785. The normalized spacial score (nSPS) is 11.8. The largest absolute Gasteiger partial charge is 0.358 e. The smallest absolute Gasteiger partial charge is 0.188 e. The van der Waals surface area contributed by atoms with Crippen LogP contribution in [0.4, 0.5) is 17.1 Å². The molecule has 6 heteroatoms. The second kappa shape index (κ2) is 12.8. The molecule has 0 spiro atoms. The summed E-state index contributed by atoms with van der Waals surface area (Å²) in [6.45, 7) is 11.1. The zero-order chi connectivity index (χ0) is 33.0. The monoisotopic (exact) mass is 819 g/mol. The van der Waals surface area contributed by atoms with Crippen molar-refractivity contribution >= 4 is 49.9 Å². The molecule has 0 amide bonds. The number of pyridine rings is 1. The summed E-state index contributed by atoms with van der Waals surface area (Å²) in [6.07, 6.45) is 4.11. The Labute approximate surface area is 302 Å². The average molecular weight is 820 g/mol. The zero-order valence-electron chi connectivity index (χ0n) is 28.3. The van der Waals surface area contributed by atoms with E-state index in [0.29, 0.717) is 5.92 Å². The van der Waals surface area contributed by atoms with Gasteiger partial charge in [0.05, 0.1) is 5.54 Å². The summed E-state index contributed by atoms with van der Waals surface area (Å²) in [5, 5.41) is 2.32. The van der Waals surface area contributed by atoms with E-state index in [1.807, 2.05) is 6.20 Å². The average Bonchev–Trinajstić information content (AvgIpc) is 3.66. The minimum absolute atomic E-state index is 0. The second-order valence-electron chi connectivity index (χ2n) is 13.7. The number of para-hydroxylation sites is 4. The van der Waals surface area contributed by atoms with E-state index in [-0.39, 0.29) is 26.6 Å². The maximum Gasteiger partial charge on any atom is 0.188 e. The second-order valence-corrected chi connectivity index (χ2v) is 13.7. The van der Waals surface area contributed by atoms with Crippen LogP contribution in [0.5, 0.6) is 0 Å². The molecule has 0 radical (unpaired) electrons. The van der Waals surface area contributed by atoms with Crippen LogP contribution in [0.15, 0.2) is 134 Å². The fourth-order valence-electron chi connectivity index (χ4n) is 6.70. The fourth-order valence-corrected chi connectivity index (χ4v) is 6.70. The van der Waals surface area contributed by atoms with Crippen molar-refractivity contribution in [3.05, 3.63) is 152 Å². The Balaban J connectivity index is 0.00000378. The summed E-state index contributed by atoms with van der Waals surface area (Å²) in [6, 6.07) is 50.3. The Kier molecular flexibility index (Phi) is 8.50. The Morgan fingerprint density at radius 1 is 0.694 bits per heavy atom. The summed E-state index contributed by atoms with van der Waals surface area (Å²) in [5.41, 5.74) is 9.46. The summed E-state index contributed by atoms with van der Waals surface area (Å²) in [7, 11) is 0. The number of fused-ring (bicyclic) bond motifs is 4. The van der Waals surface area contributed by atoms with Crippen molar-refractivity contribution in [1.82, 2.24) is 18.7 Å². The Morgan fingerprint density at radius 3 is 2.14 bits per heavy atom. The first kappa shape index (κ1) is 32.6. The molecule has 49 heavy (non-hydrogen) atoms. The van der Waals surface area contributed by atoms with Crippen molar-refractivity contribution in [2.45, 2.75) is 46.1 Å². The van der Waals surface area contributed by atoms with Crippen LogP contribution in [0, 0.1) is 12.1 Å². The molecule has 0 saturated carbocycles. The van der Waals surface area contributed by atoms with Gasteiger partial charge in [0, 0.05) is 56.3 Å². The summed E-state index contributed by atoms with van der Waals surface area (Å²) < 4.78 is 6.83. The third-order valence-corrected chi connectivity index (χ3v) is 9.11. The fraction of sp³-hybridized carbons (Fsp3) is 0.163. The van der Waals surface area contributed by atoms with Crippen molar-refractivity contribution in [2.24, 2.45) is 0 Å². The van der Waals surface area contributed by atoms with Gasteiger partial charge in [-0.3, -0.25) is 0 Å². The molecule has 0 N–H and O–H groups in total. The number of hydrogen-bond acceptors (Lipinski definition) is 2. The van der Waals surface area contributed by atoms with Crippen LogP contribution in [0.2, 0.25) is 0 Å².